The molecule has 3 N–H and O–H groups in total. The highest BCUT2D eigenvalue weighted by Crippen LogP contribution is 2.11. The van der Waals surface area contributed by atoms with Crippen molar-refractivity contribution in [2.75, 3.05) is 5.32 Å². The van der Waals surface area contributed by atoms with Crippen LogP contribution in [0.3, 0.4) is 0 Å². The molecule has 0 aromatic carbocycles. The van der Waals surface area contributed by atoms with Crippen molar-refractivity contribution in [2.45, 2.75) is 33.2 Å². The largest absolute Gasteiger partial charge is 0.480 e. The number of anilines is 1. The molecule has 0 aliphatic heterocycles. The van der Waals surface area contributed by atoms with Gasteiger partial charge in [0.25, 0.3) is 0 Å². The van der Waals surface area contributed by atoms with E-state index in [0.717, 1.165) is 11.5 Å². The normalized spacial score (nSPS) is 13.7. The van der Waals surface area contributed by atoms with Crippen molar-refractivity contribution in [1.82, 2.24) is 14.7 Å². The molecule has 7 nitrogen and oxygen atoms in total. The second-order valence-corrected chi connectivity index (χ2v) is 4.70. The quantitative estimate of drug-likeness (QED) is 0.753. The van der Waals surface area contributed by atoms with Crippen LogP contribution < -0.4 is 10.6 Å². The molecule has 2 amide bonds. The molecular formula is C10H16N4O3S. The lowest BCUT2D eigenvalue weighted by molar-refractivity contribution is -0.140. The molecule has 100 valence electrons. The summed E-state index contributed by atoms with van der Waals surface area (Å²) < 4.78 is 3.91. The Labute approximate surface area is 109 Å². The Kier molecular flexibility index (Phi) is 5.02. The highest BCUT2D eigenvalue weighted by atomic mass is 32.1. The minimum Gasteiger partial charge on any atom is -0.480 e. The second-order valence-electron chi connectivity index (χ2n) is 3.95. The Morgan fingerprint density at radius 1 is 1.50 bits per heavy atom. The Morgan fingerprint density at radius 3 is 2.61 bits per heavy atom. The number of carboxylic acid groups (broad SMARTS) is 1. The van der Waals surface area contributed by atoms with E-state index < -0.39 is 18.0 Å². The Bertz CT molecular complexity index is 435. The summed E-state index contributed by atoms with van der Waals surface area (Å²) in [5, 5.41) is 14.2. The number of nitrogens with zero attached hydrogens (tertiary/aromatic N) is 2. The molecular weight excluding hydrogens is 256 g/mol. The lowest BCUT2D eigenvalue weighted by atomic mass is 10.00. The average Bonchev–Trinajstić information content (AvgIpc) is 2.70. The van der Waals surface area contributed by atoms with Crippen LogP contribution in [0.15, 0.2) is 0 Å². The van der Waals surface area contributed by atoms with Gasteiger partial charge in [0.1, 0.15) is 11.9 Å². The van der Waals surface area contributed by atoms with Gasteiger partial charge in [-0.05, 0) is 12.8 Å². The highest BCUT2D eigenvalue weighted by molar-refractivity contribution is 7.09. The van der Waals surface area contributed by atoms with Crippen molar-refractivity contribution in [3.63, 3.8) is 0 Å². The van der Waals surface area contributed by atoms with Crippen molar-refractivity contribution in [2.24, 2.45) is 5.92 Å². The number of carbonyl (C=O) groups is 2. The van der Waals surface area contributed by atoms with Crippen LogP contribution in [0, 0.1) is 12.8 Å². The van der Waals surface area contributed by atoms with Gasteiger partial charge in [-0.15, -0.1) is 0 Å². The van der Waals surface area contributed by atoms with Gasteiger partial charge in [-0.3, -0.25) is 5.32 Å². The first kappa shape index (κ1) is 14.4. The van der Waals surface area contributed by atoms with Crippen molar-refractivity contribution < 1.29 is 14.7 Å². The maximum atomic E-state index is 11.6. The number of aromatic nitrogens is 2. The van der Waals surface area contributed by atoms with E-state index in [1.54, 1.807) is 13.8 Å². The summed E-state index contributed by atoms with van der Waals surface area (Å²) in [4.78, 5) is 26.6. The minimum atomic E-state index is -1.05. The van der Waals surface area contributed by atoms with Crippen molar-refractivity contribution in [1.29, 1.82) is 0 Å². The van der Waals surface area contributed by atoms with E-state index in [0.29, 0.717) is 17.4 Å². The summed E-state index contributed by atoms with van der Waals surface area (Å²) in [5.41, 5.74) is 0. The SMILES string of the molecule is CC[C@H](C)[C@H](NC(=O)Nc1nc(C)ns1)C(=O)O. The van der Waals surface area contributed by atoms with Gasteiger partial charge in [0.15, 0.2) is 0 Å². The maximum Gasteiger partial charge on any atom is 0.326 e. The van der Waals surface area contributed by atoms with Crippen LogP contribution in [-0.4, -0.2) is 32.5 Å². The zero-order valence-corrected chi connectivity index (χ0v) is 11.2. The van der Waals surface area contributed by atoms with E-state index in [1.165, 1.54) is 0 Å². The number of carbonyl (C=O) groups excluding carboxylic acids is 1. The van der Waals surface area contributed by atoms with Crippen LogP contribution in [-0.2, 0) is 4.79 Å². The topological polar surface area (TPSA) is 104 Å². The van der Waals surface area contributed by atoms with Crippen LogP contribution >= 0.6 is 11.5 Å². The molecule has 1 heterocycles. The molecule has 1 aromatic heterocycles. The lowest BCUT2D eigenvalue weighted by Gasteiger charge is -2.19. The first-order chi connectivity index (χ1) is 8.43. The van der Waals surface area contributed by atoms with E-state index in [-0.39, 0.29) is 5.92 Å². The zero-order valence-electron chi connectivity index (χ0n) is 10.4. The monoisotopic (exact) mass is 272 g/mol. The third-order valence-corrected chi connectivity index (χ3v) is 3.24. The van der Waals surface area contributed by atoms with Crippen LogP contribution in [0.1, 0.15) is 26.1 Å². The lowest BCUT2D eigenvalue weighted by Crippen LogP contribution is -2.46. The number of urea groups is 1. The molecule has 0 radical (unpaired) electrons. The number of hydrogen-bond donors (Lipinski definition) is 3. The van der Waals surface area contributed by atoms with Gasteiger partial charge in [0.05, 0.1) is 0 Å². The summed E-state index contributed by atoms with van der Waals surface area (Å²) in [6.45, 7) is 5.35. The van der Waals surface area contributed by atoms with Crippen molar-refractivity contribution in [3.8, 4) is 0 Å². The number of hydrogen-bond acceptors (Lipinski definition) is 5. The average molecular weight is 272 g/mol. The van der Waals surface area contributed by atoms with Crippen LogP contribution in [0.5, 0.6) is 0 Å². The van der Waals surface area contributed by atoms with Crippen LogP contribution in [0.2, 0.25) is 0 Å². The highest BCUT2D eigenvalue weighted by Gasteiger charge is 2.25. The second kappa shape index (κ2) is 6.29. The Balaban J connectivity index is 2.59. The van der Waals surface area contributed by atoms with Crippen molar-refractivity contribution >= 4 is 28.7 Å². The first-order valence-corrected chi connectivity index (χ1v) is 6.32. The molecule has 0 fully saturated rings. The third-order valence-electron chi connectivity index (χ3n) is 2.51. The molecule has 8 heteroatoms. The number of amides is 2. The van der Waals surface area contributed by atoms with Gasteiger partial charge in [0.2, 0.25) is 5.13 Å². The molecule has 0 spiro atoms. The van der Waals surface area contributed by atoms with E-state index in [1.807, 2.05) is 6.92 Å². The molecule has 0 saturated heterocycles. The summed E-state index contributed by atoms with van der Waals surface area (Å²) in [7, 11) is 0. The maximum absolute atomic E-state index is 11.6. The summed E-state index contributed by atoms with van der Waals surface area (Å²) >= 11 is 1.05. The third kappa shape index (κ3) is 3.95. The molecule has 0 aliphatic carbocycles. The van der Waals surface area contributed by atoms with Crippen molar-refractivity contribution in [3.05, 3.63) is 5.82 Å². The number of carboxylic acids is 1. The summed E-state index contributed by atoms with van der Waals surface area (Å²) in [6.07, 6.45) is 0.662. The summed E-state index contributed by atoms with van der Waals surface area (Å²) in [6, 6.07) is -1.50. The first-order valence-electron chi connectivity index (χ1n) is 5.54. The molecule has 1 rings (SSSR count). The fourth-order valence-electron chi connectivity index (χ4n) is 1.31. The van der Waals surface area contributed by atoms with Crippen LogP contribution in [0.25, 0.3) is 0 Å². The molecule has 0 bridgehead atoms. The molecule has 0 unspecified atom stereocenters. The number of aliphatic carboxylic acids is 1. The zero-order chi connectivity index (χ0) is 13.7. The number of aryl methyl sites for hydroxylation is 1. The Morgan fingerprint density at radius 2 is 2.17 bits per heavy atom. The number of rotatable bonds is 5. The van der Waals surface area contributed by atoms with Crippen LogP contribution in [0.4, 0.5) is 9.93 Å². The molecule has 0 aliphatic rings. The fourth-order valence-corrected chi connectivity index (χ4v) is 1.88. The van der Waals surface area contributed by atoms with E-state index in [4.69, 9.17) is 5.11 Å². The van der Waals surface area contributed by atoms with Gasteiger partial charge in [-0.2, -0.15) is 4.37 Å². The number of nitrogens with one attached hydrogen (secondary N) is 2. The van der Waals surface area contributed by atoms with Gasteiger partial charge >= 0.3 is 12.0 Å². The summed E-state index contributed by atoms with van der Waals surface area (Å²) in [5.74, 6) is -0.635. The fraction of sp³-hybridized carbons (Fsp3) is 0.600. The molecule has 18 heavy (non-hydrogen) atoms. The predicted octanol–water partition coefficient (Wildman–Crippen LogP) is 1.47. The molecule has 1 aromatic rings. The standard InChI is InChI=1S/C10H16N4O3S/c1-4-5(2)7(8(15)16)12-9(17)13-10-11-6(3)14-18-10/h5,7H,4H2,1-3H3,(H,15,16)(H2,11,12,13,14,17)/t5-,7-/m0/s1. The Hall–Kier alpha value is -1.70. The van der Waals surface area contributed by atoms with Gasteiger partial charge in [-0.1, -0.05) is 20.3 Å². The van der Waals surface area contributed by atoms with E-state index in [2.05, 4.69) is 20.0 Å². The van der Waals surface area contributed by atoms with E-state index in [9.17, 15) is 9.59 Å². The minimum absolute atomic E-state index is 0.149. The van der Waals surface area contributed by atoms with Gasteiger partial charge in [-0.25, -0.2) is 14.6 Å². The van der Waals surface area contributed by atoms with Gasteiger partial charge in [0, 0.05) is 11.5 Å². The van der Waals surface area contributed by atoms with E-state index >= 15 is 0 Å². The molecule has 2 atom stereocenters. The van der Waals surface area contributed by atoms with Gasteiger partial charge < -0.3 is 10.4 Å². The smallest absolute Gasteiger partial charge is 0.326 e. The predicted molar refractivity (Wildman–Crippen MR) is 67.7 cm³/mol. The molecule has 0 saturated carbocycles.